The molecule has 3 rings (SSSR count). The van der Waals surface area contributed by atoms with E-state index in [1.54, 1.807) is 0 Å². The molecule has 0 aliphatic carbocycles. The van der Waals surface area contributed by atoms with Crippen molar-refractivity contribution in [1.82, 2.24) is 4.90 Å². The number of aliphatic hydroxyl groups is 1. The number of nitrogens with zero attached hydrogens (tertiary/aromatic N) is 2. The minimum absolute atomic E-state index is 0.208. The number of piperazine rings is 1. The van der Waals surface area contributed by atoms with Gasteiger partial charge in [-0.05, 0) is 18.6 Å². The molecule has 0 aromatic heterocycles. The third kappa shape index (κ3) is 3.69. The molecule has 2 unspecified atom stereocenters. The Morgan fingerprint density at radius 3 is 2.67 bits per heavy atom. The Morgan fingerprint density at radius 1 is 1.19 bits per heavy atom. The number of benzene rings is 1. The minimum atomic E-state index is -0.208. The van der Waals surface area contributed by atoms with E-state index in [0.29, 0.717) is 13.2 Å². The Balaban J connectivity index is 1.52. The Hall–Kier alpha value is -0.810. The van der Waals surface area contributed by atoms with Crippen LogP contribution >= 0.6 is 11.6 Å². The largest absolute Gasteiger partial charge is 0.393 e. The van der Waals surface area contributed by atoms with Crippen molar-refractivity contribution in [3.05, 3.63) is 29.3 Å². The molecule has 0 radical (unpaired) electrons. The lowest BCUT2D eigenvalue weighted by molar-refractivity contribution is -0.0469. The SMILES string of the molecule is OC1CCOCC1CN1CCN(c2ccccc2Cl)CC1. The summed E-state index contributed by atoms with van der Waals surface area (Å²) < 4.78 is 5.49. The Labute approximate surface area is 131 Å². The summed E-state index contributed by atoms with van der Waals surface area (Å²) in [6.07, 6.45) is 0.560. The molecule has 1 N–H and O–H groups in total. The maximum absolute atomic E-state index is 10.0. The van der Waals surface area contributed by atoms with Gasteiger partial charge in [-0.3, -0.25) is 4.90 Å². The molecule has 21 heavy (non-hydrogen) atoms. The van der Waals surface area contributed by atoms with Crippen molar-refractivity contribution >= 4 is 17.3 Å². The van der Waals surface area contributed by atoms with E-state index in [0.717, 1.165) is 49.9 Å². The highest BCUT2D eigenvalue weighted by Gasteiger charge is 2.27. The molecular weight excluding hydrogens is 288 g/mol. The summed E-state index contributed by atoms with van der Waals surface area (Å²) in [7, 11) is 0. The summed E-state index contributed by atoms with van der Waals surface area (Å²) in [5.74, 6) is 0.255. The van der Waals surface area contributed by atoms with Crippen molar-refractivity contribution in [1.29, 1.82) is 0 Å². The first-order valence-electron chi connectivity index (χ1n) is 7.71. The summed E-state index contributed by atoms with van der Waals surface area (Å²) in [6.45, 7) is 6.28. The average molecular weight is 311 g/mol. The zero-order valence-corrected chi connectivity index (χ0v) is 13.0. The minimum Gasteiger partial charge on any atom is -0.393 e. The van der Waals surface area contributed by atoms with Crippen LogP contribution in [0.15, 0.2) is 24.3 Å². The molecular formula is C16H23ClN2O2. The van der Waals surface area contributed by atoms with Crippen LogP contribution < -0.4 is 4.90 Å². The van der Waals surface area contributed by atoms with Crippen LogP contribution in [0.5, 0.6) is 0 Å². The molecule has 116 valence electrons. The van der Waals surface area contributed by atoms with Gasteiger partial charge in [-0.1, -0.05) is 23.7 Å². The van der Waals surface area contributed by atoms with Gasteiger partial charge in [0.05, 0.1) is 23.4 Å². The molecule has 2 heterocycles. The van der Waals surface area contributed by atoms with E-state index < -0.39 is 0 Å². The second kappa shape index (κ2) is 6.97. The summed E-state index contributed by atoms with van der Waals surface area (Å²) in [4.78, 5) is 4.77. The first-order valence-corrected chi connectivity index (χ1v) is 8.09. The summed E-state index contributed by atoms with van der Waals surface area (Å²) in [6, 6.07) is 8.02. The van der Waals surface area contributed by atoms with Crippen LogP contribution in [0.25, 0.3) is 0 Å². The van der Waals surface area contributed by atoms with E-state index in [1.165, 1.54) is 0 Å². The number of aliphatic hydroxyl groups excluding tert-OH is 1. The molecule has 2 aliphatic heterocycles. The zero-order chi connectivity index (χ0) is 14.7. The summed E-state index contributed by atoms with van der Waals surface area (Å²) >= 11 is 6.26. The van der Waals surface area contributed by atoms with E-state index in [9.17, 15) is 5.11 Å². The summed E-state index contributed by atoms with van der Waals surface area (Å²) in [5, 5.41) is 10.9. The van der Waals surface area contributed by atoms with Gasteiger partial charge in [0.2, 0.25) is 0 Å². The molecule has 0 amide bonds. The Morgan fingerprint density at radius 2 is 1.95 bits per heavy atom. The molecule has 2 fully saturated rings. The van der Waals surface area contributed by atoms with Crippen LogP contribution in [-0.4, -0.2) is 62.0 Å². The van der Waals surface area contributed by atoms with Gasteiger partial charge in [0.15, 0.2) is 0 Å². The number of rotatable bonds is 3. The third-order valence-electron chi connectivity index (χ3n) is 4.49. The second-order valence-corrected chi connectivity index (χ2v) is 6.34. The number of halogens is 1. The van der Waals surface area contributed by atoms with Crippen molar-refractivity contribution in [3.63, 3.8) is 0 Å². The van der Waals surface area contributed by atoms with Crippen molar-refractivity contribution in [2.75, 3.05) is 50.8 Å². The molecule has 1 aromatic carbocycles. The van der Waals surface area contributed by atoms with Gasteiger partial charge in [-0.2, -0.15) is 0 Å². The lowest BCUT2D eigenvalue weighted by atomic mass is 9.98. The molecule has 0 bridgehead atoms. The Kier molecular flexibility index (Phi) is 5.01. The van der Waals surface area contributed by atoms with Gasteiger partial charge in [-0.25, -0.2) is 0 Å². The lowest BCUT2D eigenvalue weighted by Gasteiger charge is -2.39. The highest BCUT2D eigenvalue weighted by Crippen LogP contribution is 2.26. The maximum Gasteiger partial charge on any atom is 0.0639 e. The van der Waals surface area contributed by atoms with Crippen LogP contribution in [0.1, 0.15) is 6.42 Å². The van der Waals surface area contributed by atoms with E-state index in [1.807, 2.05) is 18.2 Å². The van der Waals surface area contributed by atoms with Gasteiger partial charge < -0.3 is 14.7 Å². The monoisotopic (exact) mass is 310 g/mol. The smallest absolute Gasteiger partial charge is 0.0639 e. The first kappa shape index (κ1) is 15.1. The quantitative estimate of drug-likeness (QED) is 0.924. The molecule has 5 heteroatoms. The maximum atomic E-state index is 10.0. The van der Waals surface area contributed by atoms with Gasteiger partial charge >= 0.3 is 0 Å². The first-order chi connectivity index (χ1) is 10.2. The van der Waals surface area contributed by atoms with Crippen molar-refractivity contribution < 1.29 is 9.84 Å². The summed E-state index contributed by atoms with van der Waals surface area (Å²) in [5.41, 5.74) is 1.12. The number of anilines is 1. The third-order valence-corrected chi connectivity index (χ3v) is 4.81. The molecule has 0 spiro atoms. The van der Waals surface area contributed by atoms with E-state index in [-0.39, 0.29) is 12.0 Å². The van der Waals surface area contributed by atoms with E-state index in [4.69, 9.17) is 16.3 Å². The highest BCUT2D eigenvalue weighted by molar-refractivity contribution is 6.33. The van der Waals surface area contributed by atoms with Crippen LogP contribution in [0.4, 0.5) is 5.69 Å². The van der Waals surface area contributed by atoms with Crippen LogP contribution in [0, 0.1) is 5.92 Å². The van der Waals surface area contributed by atoms with Crippen LogP contribution in [0.2, 0.25) is 5.02 Å². The van der Waals surface area contributed by atoms with Gasteiger partial charge in [0.1, 0.15) is 0 Å². The van der Waals surface area contributed by atoms with E-state index >= 15 is 0 Å². The number of ether oxygens (including phenoxy) is 1. The van der Waals surface area contributed by atoms with Crippen molar-refractivity contribution in [2.24, 2.45) is 5.92 Å². The van der Waals surface area contributed by atoms with Gasteiger partial charge in [0.25, 0.3) is 0 Å². The fourth-order valence-electron chi connectivity index (χ4n) is 3.17. The molecule has 0 saturated carbocycles. The molecule has 2 saturated heterocycles. The normalized spacial score (nSPS) is 27.8. The van der Waals surface area contributed by atoms with Crippen molar-refractivity contribution in [3.8, 4) is 0 Å². The van der Waals surface area contributed by atoms with Crippen molar-refractivity contribution in [2.45, 2.75) is 12.5 Å². The fourth-order valence-corrected chi connectivity index (χ4v) is 3.43. The lowest BCUT2D eigenvalue weighted by Crippen LogP contribution is -2.50. The molecule has 4 nitrogen and oxygen atoms in total. The highest BCUT2D eigenvalue weighted by atomic mass is 35.5. The zero-order valence-electron chi connectivity index (χ0n) is 12.2. The number of para-hydroxylation sites is 1. The second-order valence-electron chi connectivity index (χ2n) is 5.93. The topological polar surface area (TPSA) is 35.9 Å². The average Bonchev–Trinajstić information content (AvgIpc) is 2.51. The van der Waals surface area contributed by atoms with Crippen LogP contribution in [0.3, 0.4) is 0 Å². The Bertz CT molecular complexity index is 463. The van der Waals surface area contributed by atoms with E-state index in [2.05, 4.69) is 15.9 Å². The molecule has 2 aliphatic rings. The van der Waals surface area contributed by atoms with Gasteiger partial charge in [0, 0.05) is 45.2 Å². The number of hydrogen-bond donors (Lipinski definition) is 1. The predicted molar refractivity (Wildman–Crippen MR) is 85.0 cm³/mol. The predicted octanol–water partition coefficient (Wildman–Crippen LogP) is 1.86. The molecule has 2 atom stereocenters. The standard InChI is InChI=1S/C16H23ClN2O2/c17-14-3-1-2-4-15(14)19-8-6-18(7-9-19)11-13-12-21-10-5-16(13)20/h1-4,13,16,20H,5-12H2. The van der Waals surface area contributed by atoms with Crippen LogP contribution in [-0.2, 0) is 4.74 Å². The molecule has 1 aromatic rings. The van der Waals surface area contributed by atoms with Gasteiger partial charge in [-0.15, -0.1) is 0 Å². The number of hydrogen-bond acceptors (Lipinski definition) is 4. The fraction of sp³-hybridized carbons (Fsp3) is 0.625.